The fourth-order valence-corrected chi connectivity index (χ4v) is 2.34. The van der Waals surface area contributed by atoms with E-state index in [9.17, 15) is 4.79 Å². The van der Waals surface area contributed by atoms with Crippen LogP contribution in [0.4, 0.5) is 0 Å². The number of rotatable bonds is 4. The third-order valence-corrected chi connectivity index (χ3v) is 3.26. The molecule has 0 spiro atoms. The molecule has 2 aromatic heterocycles. The molecule has 0 aliphatic rings. The van der Waals surface area contributed by atoms with Gasteiger partial charge < -0.3 is 5.11 Å². The van der Waals surface area contributed by atoms with Crippen molar-refractivity contribution in [1.29, 1.82) is 0 Å². The Labute approximate surface area is 116 Å². The predicted molar refractivity (Wildman–Crippen MR) is 76.6 cm³/mol. The van der Waals surface area contributed by atoms with Gasteiger partial charge in [0.1, 0.15) is 5.82 Å². The minimum absolute atomic E-state index is 0.0856. The van der Waals surface area contributed by atoms with Gasteiger partial charge in [-0.25, -0.2) is 4.98 Å². The first-order valence-corrected chi connectivity index (χ1v) is 6.48. The fourth-order valence-electron chi connectivity index (χ4n) is 2.34. The van der Waals surface area contributed by atoms with Gasteiger partial charge in [-0.15, -0.1) is 0 Å². The number of imidazole rings is 1. The number of fused-ring (bicyclic) bond motifs is 1. The Morgan fingerprint density at radius 1 is 1.10 bits per heavy atom. The number of carboxylic acid groups (broad SMARTS) is 1. The molecule has 4 heteroatoms. The van der Waals surface area contributed by atoms with E-state index in [0.717, 1.165) is 22.6 Å². The number of aryl methyl sites for hydroxylation is 1. The van der Waals surface area contributed by atoms with E-state index >= 15 is 0 Å². The van der Waals surface area contributed by atoms with Gasteiger partial charge in [-0.2, -0.15) is 0 Å². The fraction of sp³-hybridized carbons (Fsp3) is 0.125. The summed E-state index contributed by atoms with van der Waals surface area (Å²) in [5.41, 5.74) is 3.10. The van der Waals surface area contributed by atoms with Gasteiger partial charge >= 0.3 is 5.97 Å². The lowest BCUT2D eigenvalue weighted by Crippen LogP contribution is -2.03. The topological polar surface area (TPSA) is 54.6 Å². The number of pyridine rings is 1. The van der Waals surface area contributed by atoms with Crippen molar-refractivity contribution < 1.29 is 9.90 Å². The SMILES string of the molecule is O=C(O)CCc1ncc2cccc(-c3ccccc3)n12. The van der Waals surface area contributed by atoms with Crippen LogP contribution in [0.5, 0.6) is 0 Å². The Kier molecular flexibility index (Phi) is 3.21. The van der Waals surface area contributed by atoms with Gasteiger partial charge in [-0.05, 0) is 17.7 Å². The van der Waals surface area contributed by atoms with Crippen molar-refractivity contribution in [3.63, 3.8) is 0 Å². The molecule has 1 N–H and O–H groups in total. The summed E-state index contributed by atoms with van der Waals surface area (Å²) in [6, 6.07) is 16.0. The van der Waals surface area contributed by atoms with Crippen LogP contribution in [0.3, 0.4) is 0 Å². The third-order valence-electron chi connectivity index (χ3n) is 3.26. The van der Waals surface area contributed by atoms with Crippen LogP contribution in [-0.2, 0) is 11.2 Å². The average Bonchev–Trinajstić information content (AvgIpc) is 2.89. The van der Waals surface area contributed by atoms with Crippen molar-refractivity contribution in [2.75, 3.05) is 0 Å². The maximum Gasteiger partial charge on any atom is 0.303 e. The monoisotopic (exact) mass is 266 g/mol. The van der Waals surface area contributed by atoms with Crippen molar-refractivity contribution in [2.24, 2.45) is 0 Å². The lowest BCUT2D eigenvalue weighted by atomic mass is 10.1. The van der Waals surface area contributed by atoms with Crippen molar-refractivity contribution in [3.05, 3.63) is 60.6 Å². The molecule has 0 amide bonds. The third kappa shape index (κ3) is 2.28. The molecule has 0 saturated carbocycles. The largest absolute Gasteiger partial charge is 0.481 e. The zero-order valence-corrected chi connectivity index (χ0v) is 10.9. The number of hydrogen-bond donors (Lipinski definition) is 1. The van der Waals surface area contributed by atoms with E-state index in [-0.39, 0.29) is 6.42 Å². The van der Waals surface area contributed by atoms with Crippen molar-refractivity contribution >= 4 is 11.5 Å². The van der Waals surface area contributed by atoms with E-state index in [2.05, 4.69) is 4.98 Å². The Morgan fingerprint density at radius 3 is 2.65 bits per heavy atom. The molecule has 0 fully saturated rings. The van der Waals surface area contributed by atoms with Crippen LogP contribution in [0.1, 0.15) is 12.2 Å². The zero-order valence-electron chi connectivity index (χ0n) is 10.9. The highest BCUT2D eigenvalue weighted by molar-refractivity contribution is 5.68. The number of hydrogen-bond acceptors (Lipinski definition) is 2. The molecule has 0 radical (unpaired) electrons. The lowest BCUT2D eigenvalue weighted by Gasteiger charge is -2.08. The molecule has 3 rings (SSSR count). The van der Waals surface area contributed by atoms with Crippen molar-refractivity contribution in [1.82, 2.24) is 9.38 Å². The molecule has 0 unspecified atom stereocenters. The average molecular weight is 266 g/mol. The summed E-state index contributed by atoms with van der Waals surface area (Å²) in [4.78, 5) is 15.1. The summed E-state index contributed by atoms with van der Waals surface area (Å²) in [6.45, 7) is 0. The number of carbonyl (C=O) groups is 1. The van der Waals surface area contributed by atoms with Crippen molar-refractivity contribution in [3.8, 4) is 11.3 Å². The van der Waals surface area contributed by atoms with Gasteiger partial charge in [0.05, 0.1) is 23.8 Å². The highest BCUT2D eigenvalue weighted by atomic mass is 16.4. The Balaban J connectivity index is 2.12. The Bertz CT molecular complexity index is 748. The highest BCUT2D eigenvalue weighted by Gasteiger charge is 2.10. The number of aliphatic carboxylic acids is 1. The molecule has 20 heavy (non-hydrogen) atoms. The summed E-state index contributed by atoms with van der Waals surface area (Å²) in [6.07, 6.45) is 2.29. The van der Waals surface area contributed by atoms with Gasteiger partial charge in [-0.3, -0.25) is 9.20 Å². The number of nitrogens with zero attached hydrogens (tertiary/aromatic N) is 2. The van der Waals surface area contributed by atoms with E-state index < -0.39 is 5.97 Å². The molecule has 0 saturated heterocycles. The summed E-state index contributed by atoms with van der Waals surface area (Å²) in [7, 11) is 0. The highest BCUT2D eigenvalue weighted by Crippen LogP contribution is 2.22. The molecule has 2 heterocycles. The van der Waals surface area contributed by atoms with E-state index in [4.69, 9.17) is 5.11 Å². The van der Waals surface area contributed by atoms with Gasteiger partial charge in [0.2, 0.25) is 0 Å². The molecule has 0 atom stereocenters. The van der Waals surface area contributed by atoms with Crippen LogP contribution in [0.15, 0.2) is 54.7 Å². The molecule has 3 aromatic rings. The molecular formula is C16H14N2O2. The summed E-state index contributed by atoms with van der Waals surface area (Å²) >= 11 is 0. The van der Waals surface area contributed by atoms with E-state index in [0.29, 0.717) is 6.42 Å². The van der Waals surface area contributed by atoms with Gasteiger partial charge in [0, 0.05) is 6.42 Å². The quantitative estimate of drug-likeness (QED) is 0.789. The van der Waals surface area contributed by atoms with Crippen LogP contribution in [0.25, 0.3) is 16.8 Å². The Hall–Kier alpha value is -2.62. The van der Waals surface area contributed by atoms with Gasteiger partial charge in [0.25, 0.3) is 0 Å². The molecule has 0 aliphatic heterocycles. The normalized spacial score (nSPS) is 10.8. The first-order valence-electron chi connectivity index (χ1n) is 6.48. The Morgan fingerprint density at radius 2 is 1.90 bits per heavy atom. The number of aromatic nitrogens is 2. The first-order chi connectivity index (χ1) is 9.75. The summed E-state index contributed by atoms with van der Waals surface area (Å²) < 4.78 is 2.03. The summed E-state index contributed by atoms with van der Waals surface area (Å²) in [5, 5.41) is 8.83. The molecular weight excluding hydrogens is 252 g/mol. The maximum absolute atomic E-state index is 10.7. The van der Waals surface area contributed by atoms with E-state index in [1.807, 2.05) is 52.9 Å². The van der Waals surface area contributed by atoms with Crippen LogP contribution in [0, 0.1) is 0 Å². The predicted octanol–water partition coefficient (Wildman–Crippen LogP) is 3.02. The van der Waals surface area contributed by atoms with Crippen molar-refractivity contribution in [2.45, 2.75) is 12.8 Å². The second-order valence-electron chi connectivity index (χ2n) is 4.61. The van der Waals surface area contributed by atoms with Crippen LogP contribution < -0.4 is 0 Å². The molecule has 4 nitrogen and oxygen atoms in total. The van der Waals surface area contributed by atoms with Gasteiger partial charge in [0.15, 0.2) is 0 Å². The van der Waals surface area contributed by atoms with Crippen LogP contribution >= 0.6 is 0 Å². The zero-order chi connectivity index (χ0) is 13.9. The minimum atomic E-state index is -0.807. The summed E-state index contributed by atoms with van der Waals surface area (Å²) in [5.74, 6) is -0.0270. The standard InChI is InChI=1S/C16H14N2O2/c19-16(20)10-9-15-17-11-13-7-4-8-14(18(13)15)12-5-2-1-3-6-12/h1-8,11H,9-10H2,(H,19,20). The van der Waals surface area contributed by atoms with Crippen LogP contribution in [0.2, 0.25) is 0 Å². The number of carboxylic acids is 1. The lowest BCUT2D eigenvalue weighted by molar-refractivity contribution is -0.137. The molecule has 1 aromatic carbocycles. The smallest absolute Gasteiger partial charge is 0.303 e. The van der Waals surface area contributed by atoms with Gasteiger partial charge in [-0.1, -0.05) is 36.4 Å². The molecule has 100 valence electrons. The molecule has 0 aliphatic carbocycles. The second kappa shape index (κ2) is 5.17. The maximum atomic E-state index is 10.7. The first kappa shape index (κ1) is 12.4. The second-order valence-corrected chi connectivity index (χ2v) is 4.61. The molecule has 0 bridgehead atoms. The van der Waals surface area contributed by atoms with E-state index in [1.54, 1.807) is 6.20 Å². The van der Waals surface area contributed by atoms with Crippen LogP contribution in [-0.4, -0.2) is 20.5 Å². The number of benzene rings is 1. The van der Waals surface area contributed by atoms with E-state index in [1.165, 1.54) is 0 Å². The minimum Gasteiger partial charge on any atom is -0.481 e.